The van der Waals surface area contributed by atoms with Gasteiger partial charge in [0, 0.05) is 0 Å². The highest BCUT2D eigenvalue weighted by molar-refractivity contribution is 6.07. The Kier molecular flexibility index (Phi) is 3.15. The highest BCUT2D eigenvalue weighted by Gasteiger charge is 2.16. The van der Waals surface area contributed by atoms with Gasteiger partial charge in [-0.3, -0.25) is 4.79 Å². The van der Waals surface area contributed by atoms with Gasteiger partial charge in [0.2, 0.25) is 0 Å². The summed E-state index contributed by atoms with van der Waals surface area (Å²) in [6, 6.07) is 8.02. The Morgan fingerprint density at radius 2 is 1.42 bits per heavy atom. The number of hydrogen-bond donors (Lipinski definition) is 5. The number of rotatable bonds is 2. The van der Waals surface area contributed by atoms with Crippen molar-refractivity contribution < 1.29 is 25.2 Å². The molecule has 0 fully saturated rings. The lowest BCUT2D eigenvalue weighted by atomic mass is 10.1. The van der Waals surface area contributed by atoms with Crippen LogP contribution >= 0.6 is 0 Å². The number of para-hydroxylation sites is 2. The van der Waals surface area contributed by atoms with Crippen LogP contribution in [-0.2, 0) is 0 Å². The second kappa shape index (κ2) is 4.77. The Balaban J connectivity index is 2.31. The number of amides is 1. The van der Waals surface area contributed by atoms with Gasteiger partial charge in [-0.1, -0.05) is 12.1 Å². The molecular formula is C13H11NO5. The molecule has 98 valence electrons. The number of phenolic OH excluding ortho intramolecular Hbond substituents is 4. The first kappa shape index (κ1) is 12.6. The Morgan fingerprint density at radius 1 is 0.842 bits per heavy atom. The minimum Gasteiger partial charge on any atom is -0.504 e. The summed E-state index contributed by atoms with van der Waals surface area (Å²) in [5.74, 6) is -2.56. The highest BCUT2D eigenvalue weighted by atomic mass is 16.3. The largest absolute Gasteiger partial charge is 0.504 e. The van der Waals surface area contributed by atoms with E-state index in [0.29, 0.717) is 0 Å². The van der Waals surface area contributed by atoms with Gasteiger partial charge in [-0.25, -0.2) is 0 Å². The molecule has 1 amide bonds. The molecule has 0 aliphatic heterocycles. The fourth-order valence-electron chi connectivity index (χ4n) is 1.54. The van der Waals surface area contributed by atoms with E-state index in [-0.39, 0.29) is 17.0 Å². The van der Waals surface area contributed by atoms with Crippen LogP contribution in [0.3, 0.4) is 0 Å². The second-order valence-corrected chi connectivity index (χ2v) is 3.80. The van der Waals surface area contributed by atoms with Crippen LogP contribution in [0.2, 0.25) is 0 Å². The molecule has 0 aliphatic carbocycles. The van der Waals surface area contributed by atoms with Crippen molar-refractivity contribution in [2.45, 2.75) is 0 Å². The molecule has 0 saturated carbocycles. The molecule has 0 unspecified atom stereocenters. The first-order valence-corrected chi connectivity index (χ1v) is 5.34. The standard InChI is InChI=1S/C13H11NO5/c15-9-5-1-3-7(11(9)17)13(19)14-8-4-2-6-10(16)12(8)18/h1-6,15-18H,(H,14,19). The molecule has 0 aromatic heterocycles. The molecule has 0 bridgehead atoms. The van der Waals surface area contributed by atoms with Crippen LogP contribution in [0.25, 0.3) is 0 Å². The van der Waals surface area contributed by atoms with Gasteiger partial charge in [0.15, 0.2) is 23.0 Å². The molecule has 6 heteroatoms. The van der Waals surface area contributed by atoms with E-state index in [1.807, 2.05) is 0 Å². The quantitative estimate of drug-likeness (QED) is 0.529. The molecule has 0 radical (unpaired) electrons. The van der Waals surface area contributed by atoms with E-state index in [4.69, 9.17) is 0 Å². The first-order chi connectivity index (χ1) is 9.00. The van der Waals surface area contributed by atoms with Gasteiger partial charge in [0.05, 0.1) is 11.3 Å². The maximum Gasteiger partial charge on any atom is 0.259 e. The van der Waals surface area contributed by atoms with Gasteiger partial charge >= 0.3 is 0 Å². The third-order valence-corrected chi connectivity index (χ3v) is 2.52. The molecule has 0 atom stereocenters. The average Bonchev–Trinajstić information content (AvgIpc) is 2.38. The van der Waals surface area contributed by atoms with Crippen molar-refractivity contribution in [3.8, 4) is 23.0 Å². The van der Waals surface area contributed by atoms with E-state index in [1.165, 1.54) is 36.4 Å². The fourth-order valence-corrected chi connectivity index (χ4v) is 1.54. The van der Waals surface area contributed by atoms with Gasteiger partial charge in [-0.15, -0.1) is 0 Å². The summed E-state index contributed by atoms with van der Waals surface area (Å²) in [7, 11) is 0. The highest BCUT2D eigenvalue weighted by Crippen LogP contribution is 2.34. The van der Waals surface area contributed by atoms with E-state index < -0.39 is 23.2 Å². The van der Waals surface area contributed by atoms with Gasteiger partial charge in [0.25, 0.3) is 5.91 Å². The third kappa shape index (κ3) is 2.37. The Bertz CT molecular complexity index is 639. The van der Waals surface area contributed by atoms with Crippen LogP contribution < -0.4 is 5.32 Å². The van der Waals surface area contributed by atoms with E-state index in [9.17, 15) is 25.2 Å². The zero-order chi connectivity index (χ0) is 14.0. The van der Waals surface area contributed by atoms with Gasteiger partial charge < -0.3 is 25.7 Å². The summed E-state index contributed by atoms with van der Waals surface area (Å²) in [5, 5.41) is 40.0. The Morgan fingerprint density at radius 3 is 2.11 bits per heavy atom. The number of anilines is 1. The van der Waals surface area contributed by atoms with E-state index >= 15 is 0 Å². The van der Waals surface area contributed by atoms with E-state index in [0.717, 1.165) is 0 Å². The average molecular weight is 261 g/mol. The van der Waals surface area contributed by atoms with Crippen molar-refractivity contribution >= 4 is 11.6 Å². The molecule has 19 heavy (non-hydrogen) atoms. The number of hydrogen-bond acceptors (Lipinski definition) is 5. The van der Waals surface area contributed by atoms with Crippen LogP contribution in [0.1, 0.15) is 10.4 Å². The van der Waals surface area contributed by atoms with Crippen molar-refractivity contribution in [2.75, 3.05) is 5.32 Å². The van der Waals surface area contributed by atoms with Gasteiger partial charge in [0.1, 0.15) is 0 Å². The number of phenols is 4. The molecule has 2 rings (SSSR count). The lowest BCUT2D eigenvalue weighted by Gasteiger charge is -2.09. The van der Waals surface area contributed by atoms with Crippen molar-refractivity contribution in [1.29, 1.82) is 0 Å². The number of benzene rings is 2. The molecule has 0 saturated heterocycles. The smallest absolute Gasteiger partial charge is 0.259 e. The zero-order valence-corrected chi connectivity index (χ0v) is 9.66. The van der Waals surface area contributed by atoms with Gasteiger partial charge in [-0.2, -0.15) is 0 Å². The van der Waals surface area contributed by atoms with Crippen molar-refractivity contribution in [3.63, 3.8) is 0 Å². The summed E-state index contributed by atoms with van der Waals surface area (Å²) in [5.41, 5.74) is -0.157. The molecule has 2 aromatic rings. The molecular weight excluding hydrogens is 250 g/mol. The van der Waals surface area contributed by atoms with Crippen LogP contribution in [-0.4, -0.2) is 26.3 Å². The molecule has 0 heterocycles. The summed E-state index contributed by atoms with van der Waals surface area (Å²) in [6.07, 6.45) is 0. The summed E-state index contributed by atoms with van der Waals surface area (Å²) >= 11 is 0. The van der Waals surface area contributed by atoms with Crippen LogP contribution in [0.5, 0.6) is 23.0 Å². The fraction of sp³-hybridized carbons (Fsp3) is 0. The van der Waals surface area contributed by atoms with E-state index in [1.54, 1.807) is 0 Å². The SMILES string of the molecule is O=C(Nc1cccc(O)c1O)c1cccc(O)c1O. The number of nitrogens with one attached hydrogen (secondary N) is 1. The Hall–Kier alpha value is -2.89. The molecule has 6 nitrogen and oxygen atoms in total. The van der Waals surface area contributed by atoms with Crippen LogP contribution in [0.15, 0.2) is 36.4 Å². The predicted octanol–water partition coefficient (Wildman–Crippen LogP) is 1.76. The summed E-state index contributed by atoms with van der Waals surface area (Å²) in [6.45, 7) is 0. The van der Waals surface area contributed by atoms with Crippen LogP contribution in [0.4, 0.5) is 5.69 Å². The van der Waals surface area contributed by atoms with E-state index in [2.05, 4.69) is 5.32 Å². The zero-order valence-electron chi connectivity index (χ0n) is 9.66. The van der Waals surface area contributed by atoms with Crippen molar-refractivity contribution in [3.05, 3.63) is 42.0 Å². The van der Waals surface area contributed by atoms with Crippen molar-refractivity contribution in [1.82, 2.24) is 0 Å². The normalized spacial score (nSPS) is 10.1. The maximum absolute atomic E-state index is 11.9. The minimum atomic E-state index is -0.727. The first-order valence-electron chi connectivity index (χ1n) is 5.34. The number of carbonyl (C=O) groups excluding carboxylic acids is 1. The lowest BCUT2D eigenvalue weighted by molar-refractivity contribution is 0.102. The number of carbonyl (C=O) groups is 1. The monoisotopic (exact) mass is 261 g/mol. The third-order valence-electron chi connectivity index (χ3n) is 2.52. The molecule has 5 N–H and O–H groups in total. The topological polar surface area (TPSA) is 110 Å². The molecule has 0 spiro atoms. The maximum atomic E-state index is 11.9. The second-order valence-electron chi connectivity index (χ2n) is 3.80. The predicted molar refractivity (Wildman–Crippen MR) is 67.5 cm³/mol. The molecule has 2 aromatic carbocycles. The Labute approximate surface area is 108 Å². The lowest BCUT2D eigenvalue weighted by Crippen LogP contribution is -2.12. The summed E-state index contributed by atoms with van der Waals surface area (Å²) in [4.78, 5) is 11.9. The molecule has 0 aliphatic rings. The number of aromatic hydroxyl groups is 4. The summed E-state index contributed by atoms with van der Waals surface area (Å²) < 4.78 is 0. The van der Waals surface area contributed by atoms with Gasteiger partial charge in [-0.05, 0) is 24.3 Å². The minimum absolute atomic E-state index is 0.00672. The van der Waals surface area contributed by atoms with Crippen LogP contribution in [0, 0.1) is 0 Å². The van der Waals surface area contributed by atoms with Crippen molar-refractivity contribution in [2.24, 2.45) is 0 Å².